The maximum atomic E-state index is 13.6. The number of aryl methyl sites for hydroxylation is 1. The summed E-state index contributed by atoms with van der Waals surface area (Å²) >= 11 is 6.50. The maximum Gasteiger partial charge on any atom is 0.264 e. The van der Waals surface area contributed by atoms with Crippen LogP contribution >= 0.6 is 11.6 Å². The molecule has 5 aliphatic rings. The van der Waals surface area contributed by atoms with E-state index >= 15 is 0 Å². The first kappa shape index (κ1) is 38.1. The van der Waals surface area contributed by atoms with Crippen LogP contribution in [0, 0.1) is 29.1 Å². The molecule has 3 aliphatic heterocycles. The Morgan fingerprint density at radius 3 is 2.62 bits per heavy atom. The second-order valence-corrected chi connectivity index (χ2v) is 18.7. The van der Waals surface area contributed by atoms with Crippen LogP contribution in [-0.4, -0.2) is 101 Å². The maximum absolute atomic E-state index is 13.6. The summed E-state index contributed by atoms with van der Waals surface area (Å²) in [6, 6.07) is 13.9. The lowest BCUT2D eigenvalue weighted by atomic mass is 9.63. The highest BCUT2D eigenvalue weighted by atomic mass is 35.5. The van der Waals surface area contributed by atoms with Crippen LogP contribution in [0.4, 0.5) is 5.69 Å². The fraction of sp³-hybridized carbons (Fsp3) is 0.610. The zero-order chi connectivity index (χ0) is 37.4. The quantitative estimate of drug-likeness (QED) is 0.378. The highest BCUT2D eigenvalue weighted by Gasteiger charge is 2.50. The number of carbonyl (C=O) groups excluding carboxylic acids is 1. The van der Waals surface area contributed by atoms with Crippen molar-refractivity contribution in [2.45, 2.75) is 75.1 Å². The normalized spacial score (nSPS) is 32.6. The molecule has 2 aliphatic carbocycles. The third kappa shape index (κ3) is 7.72. The summed E-state index contributed by atoms with van der Waals surface area (Å²) in [6.07, 6.45) is 10.5. The molecule has 1 spiro atoms. The van der Waals surface area contributed by atoms with Gasteiger partial charge in [0, 0.05) is 81.9 Å². The second-order valence-electron chi connectivity index (χ2n) is 16.2. The lowest BCUT2D eigenvalue weighted by Gasteiger charge is -2.52. The second kappa shape index (κ2) is 15.5. The van der Waals surface area contributed by atoms with E-state index in [0.717, 1.165) is 88.6 Å². The van der Waals surface area contributed by atoms with Crippen LogP contribution in [0.2, 0.25) is 5.02 Å². The van der Waals surface area contributed by atoms with Crippen molar-refractivity contribution < 1.29 is 22.7 Å². The van der Waals surface area contributed by atoms with Gasteiger partial charge in [0.2, 0.25) is 10.0 Å². The molecule has 6 atom stereocenters. The number of piperazine rings is 1. The number of hydrogen-bond acceptors (Lipinski definition) is 9. The van der Waals surface area contributed by atoms with Gasteiger partial charge in [-0.2, -0.15) is 5.26 Å². The number of hydrogen-bond donors (Lipinski definition) is 1. The molecule has 286 valence electrons. The molecule has 1 saturated carbocycles. The fourth-order valence-electron chi connectivity index (χ4n) is 9.54. The van der Waals surface area contributed by atoms with Crippen molar-refractivity contribution in [2.75, 3.05) is 71.0 Å². The Hall–Kier alpha value is -3.14. The number of halogens is 1. The van der Waals surface area contributed by atoms with Crippen molar-refractivity contribution in [3.63, 3.8) is 0 Å². The summed E-state index contributed by atoms with van der Waals surface area (Å²) in [5.74, 6) is 0.389. The molecule has 2 fully saturated rings. The van der Waals surface area contributed by atoms with Gasteiger partial charge in [-0.05, 0) is 105 Å². The molecule has 1 saturated heterocycles. The van der Waals surface area contributed by atoms with Crippen molar-refractivity contribution in [1.82, 2.24) is 14.5 Å². The Bertz CT molecular complexity index is 1860. The van der Waals surface area contributed by atoms with E-state index in [1.54, 1.807) is 13.0 Å². The Kier molecular flexibility index (Phi) is 11.2. The molecule has 2 aromatic rings. The monoisotopic (exact) mass is 763 g/mol. The Balaban J connectivity index is 1.27. The SMILES string of the molecule is CO[C@@]1(CN2CCN(CCC#N)CC2)/C=C\C[C@H](C)[C@@H](C)S(=O)(=O)NC(=O)c2ccc3c(c2)N(C[C@@H]2CC[C@H]21)C[C@@]1(CCCc2cc(Cl)ccc21)CO3. The highest BCUT2D eigenvalue weighted by molar-refractivity contribution is 7.90. The van der Waals surface area contributed by atoms with Gasteiger partial charge in [0.05, 0.1) is 23.6 Å². The minimum atomic E-state index is -3.97. The summed E-state index contributed by atoms with van der Waals surface area (Å²) < 4.78 is 42.9. The van der Waals surface area contributed by atoms with E-state index in [0.29, 0.717) is 43.2 Å². The molecular weight excluding hydrogens is 710 g/mol. The summed E-state index contributed by atoms with van der Waals surface area (Å²) in [5.41, 5.74) is 2.80. The number of carbonyl (C=O) groups is 1. The highest BCUT2D eigenvalue weighted by Crippen LogP contribution is 2.49. The molecule has 3 heterocycles. The van der Waals surface area contributed by atoms with E-state index in [-0.39, 0.29) is 17.3 Å². The van der Waals surface area contributed by atoms with Gasteiger partial charge in [0.1, 0.15) is 11.4 Å². The van der Waals surface area contributed by atoms with Crippen molar-refractivity contribution in [1.29, 1.82) is 5.26 Å². The minimum Gasteiger partial charge on any atom is -0.490 e. The van der Waals surface area contributed by atoms with Crippen LogP contribution in [0.5, 0.6) is 5.75 Å². The number of nitriles is 1. The van der Waals surface area contributed by atoms with Crippen LogP contribution in [0.25, 0.3) is 0 Å². The van der Waals surface area contributed by atoms with Crippen molar-refractivity contribution in [2.24, 2.45) is 17.8 Å². The minimum absolute atomic E-state index is 0.234. The predicted molar refractivity (Wildman–Crippen MR) is 208 cm³/mol. The van der Waals surface area contributed by atoms with E-state index in [4.69, 9.17) is 26.3 Å². The molecule has 1 N–H and O–H groups in total. The smallest absolute Gasteiger partial charge is 0.264 e. The molecule has 2 bridgehead atoms. The summed E-state index contributed by atoms with van der Waals surface area (Å²) in [6.45, 7) is 10.7. The third-order valence-electron chi connectivity index (χ3n) is 13.1. The number of nitrogens with one attached hydrogen (secondary N) is 1. The van der Waals surface area contributed by atoms with E-state index in [9.17, 15) is 13.2 Å². The Labute approximate surface area is 320 Å². The third-order valence-corrected chi connectivity index (χ3v) is 15.2. The molecule has 0 radical (unpaired) electrons. The summed E-state index contributed by atoms with van der Waals surface area (Å²) in [5, 5.41) is 9.06. The number of allylic oxidation sites excluding steroid dienone is 1. The Morgan fingerprint density at radius 1 is 1.09 bits per heavy atom. The van der Waals surface area contributed by atoms with Gasteiger partial charge in [-0.3, -0.25) is 14.6 Å². The standard InChI is InChI=1S/C41H54ClN5O5S/c1-29-7-4-16-41(51-3,27-46-21-19-45(20-22-46)18-6-17-43)36-12-9-33(36)25-47-26-40(15-5-8-31-23-34(42)11-13-35(31)40)28-52-38-14-10-32(24-37(38)47)39(48)44-53(49,50)30(29)2/h4,10-11,13-14,16,23-24,29-30,33,36H,5-9,12,15,18-22,25-28H2,1-3H3,(H,44,48)/b16-4-/t29-,30+,33-,36+,40-,41+/m0/s1. The van der Waals surface area contributed by atoms with Crippen molar-refractivity contribution in [3.8, 4) is 11.8 Å². The van der Waals surface area contributed by atoms with E-state index in [2.05, 4.69) is 49.8 Å². The van der Waals surface area contributed by atoms with Gasteiger partial charge >= 0.3 is 0 Å². The first-order valence-corrected chi connectivity index (χ1v) is 21.3. The molecule has 1 amide bonds. The molecular formula is C41H54ClN5O5S. The zero-order valence-corrected chi connectivity index (χ0v) is 32.9. The first-order chi connectivity index (χ1) is 25.5. The van der Waals surface area contributed by atoms with Crippen LogP contribution in [0.1, 0.15) is 73.9 Å². The number of amides is 1. The van der Waals surface area contributed by atoms with Crippen LogP contribution in [-0.2, 0) is 26.6 Å². The zero-order valence-electron chi connectivity index (χ0n) is 31.4. The largest absolute Gasteiger partial charge is 0.490 e. The first-order valence-electron chi connectivity index (χ1n) is 19.4. The number of nitrogens with zero attached hydrogens (tertiary/aromatic N) is 4. The topological polar surface area (TPSA) is 115 Å². The molecule has 12 heteroatoms. The number of rotatable bonds is 5. The molecule has 0 unspecified atom stereocenters. The molecule has 10 nitrogen and oxygen atoms in total. The van der Waals surface area contributed by atoms with E-state index in [1.165, 1.54) is 11.1 Å². The molecule has 7 rings (SSSR count). The average Bonchev–Trinajstić information content (AvgIpc) is 3.28. The number of benzene rings is 2. The van der Waals surface area contributed by atoms with Crippen molar-refractivity contribution >= 4 is 33.2 Å². The number of ether oxygens (including phenoxy) is 2. The van der Waals surface area contributed by atoms with Crippen LogP contribution in [0.15, 0.2) is 48.6 Å². The number of fused-ring (bicyclic) bond motifs is 4. The van der Waals surface area contributed by atoms with Crippen LogP contribution < -0.4 is 14.4 Å². The molecule has 0 aromatic heterocycles. The van der Waals surface area contributed by atoms with Gasteiger partial charge in [-0.25, -0.2) is 13.1 Å². The lowest BCUT2D eigenvalue weighted by molar-refractivity contribution is -0.0954. The number of anilines is 1. The van der Waals surface area contributed by atoms with Gasteiger partial charge in [-0.1, -0.05) is 36.7 Å². The predicted octanol–water partition coefficient (Wildman–Crippen LogP) is 5.80. The average molecular weight is 764 g/mol. The number of sulfonamides is 1. The van der Waals surface area contributed by atoms with Gasteiger partial charge < -0.3 is 14.4 Å². The van der Waals surface area contributed by atoms with Gasteiger partial charge in [-0.15, -0.1) is 0 Å². The van der Waals surface area contributed by atoms with Gasteiger partial charge in [0.15, 0.2) is 0 Å². The summed E-state index contributed by atoms with van der Waals surface area (Å²) in [4.78, 5) is 20.9. The summed E-state index contributed by atoms with van der Waals surface area (Å²) in [7, 11) is -2.14. The fourth-order valence-corrected chi connectivity index (χ4v) is 11.0. The van der Waals surface area contributed by atoms with E-state index in [1.807, 2.05) is 32.2 Å². The van der Waals surface area contributed by atoms with Crippen molar-refractivity contribution in [3.05, 3.63) is 70.3 Å². The van der Waals surface area contributed by atoms with E-state index < -0.39 is 26.8 Å². The number of methoxy groups -OCH3 is 1. The lowest BCUT2D eigenvalue weighted by Crippen LogP contribution is -2.59. The van der Waals surface area contributed by atoms with Gasteiger partial charge in [0.25, 0.3) is 5.91 Å². The molecule has 2 aromatic carbocycles. The van der Waals surface area contributed by atoms with Crippen LogP contribution in [0.3, 0.4) is 0 Å². The molecule has 53 heavy (non-hydrogen) atoms. The Morgan fingerprint density at radius 2 is 1.89 bits per heavy atom.